The van der Waals surface area contributed by atoms with Gasteiger partial charge in [-0.05, 0) is 149 Å². The first-order valence-corrected chi connectivity index (χ1v) is 33.3. The lowest BCUT2D eigenvalue weighted by molar-refractivity contribution is -0.112. The molecule has 3 heterocycles. The summed E-state index contributed by atoms with van der Waals surface area (Å²) in [6.45, 7) is 22.8. The minimum Gasteiger partial charge on any atom is -0.491 e. The van der Waals surface area contributed by atoms with Gasteiger partial charge in [-0.1, -0.05) is 76.4 Å². The molecule has 0 aliphatic heterocycles. The van der Waals surface area contributed by atoms with E-state index >= 15 is 0 Å². The van der Waals surface area contributed by atoms with Gasteiger partial charge in [0.1, 0.15) is 24.8 Å². The monoisotopic (exact) mass is 1410 g/mol. The molecule has 103 heavy (non-hydrogen) atoms. The lowest BCUT2D eigenvalue weighted by atomic mass is 10.2. The van der Waals surface area contributed by atoms with E-state index in [1.54, 1.807) is 66.9 Å². The maximum absolute atomic E-state index is 14.4. The van der Waals surface area contributed by atoms with Gasteiger partial charge in [-0.25, -0.2) is 28.1 Å². The van der Waals surface area contributed by atoms with Crippen molar-refractivity contribution in [3.05, 3.63) is 224 Å². The van der Waals surface area contributed by atoms with E-state index < -0.39 is 17.5 Å². The largest absolute Gasteiger partial charge is 0.491 e. The van der Waals surface area contributed by atoms with Crippen LogP contribution in [0, 0.1) is 31.3 Å². The van der Waals surface area contributed by atoms with E-state index in [4.69, 9.17) is 23.7 Å². The molecule has 0 atom stereocenters. The molecule has 24 nitrogen and oxygen atoms in total. The van der Waals surface area contributed by atoms with E-state index in [1.165, 1.54) is 24.3 Å². The maximum atomic E-state index is 14.4. The van der Waals surface area contributed by atoms with E-state index in [-0.39, 0.29) is 53.6 Å². The summed E-state index contributed by atoms with van der Waals surface area (Å²) in [6.07, 6.45) is 12.4. The zero-order valence-corrected chi connectivity index (χ0v) is 58.5. The predicted molar refractivity (Wildman–Crippen MR) is 401 cm³/mol. The number of ether oxygens (including phenoxy) is 5. The number of carbonyl (C=O) groups is 3. The first-order valence-electron chi connectivity index (χ1n) is 33.3. The Bertz CT molecular complexity index is 4250. The second-order valence-electron chi connectivity index (χ2n) is 22.6. The summed E-state index contributed by atoms with van der Waals surface area (Å²) in [5, 5.41) is 26.4. The molecule has 3 aromatic heterocycles. The molecule has 6 aromatic carbocycles. The minimum absolute atomic E-state index is 0.0565. The van der Waals surface area contributed by atoms with Crippen molar-refractivity contribution in [2.75, 3.05) is 121 Å². The number of anilines is 15. The maximum Gasteiger partial charge on any atom is 0.248 e. The highest BCUT2D eigenvalue weighted by Gasteiger charge is 2.14. The van der Waals surface area contributed by atoms with Gasteiger partial charge in [0.25, 0.3) is 0 Å². The average molecular weight is 1410 g/mol. The quantitative estimate of drug-likeness (QED) is 0.0129. The molecule has 0 saturated heterocycles. The standard InChI is InChI=1S/C27H33FN6O2.C25H29N5O3.C24H25F2N5O3/c1-4-15-36-16-14-34(3)13-7-12-25(35)30-22-10-6-11-23(18-22)32-27-29-19-24(28)26(33-27)31-21-9-5-8-20(2)17-21;1-4-12-32-13-14-33-22-11-7-10-21(16-22)29-25-26-17-18(3)24(30-25)28-20-9-6-8-19(15-20)27-23(31)5-2;1-3-10-33-11-12-34-21-9-8-18(14-19(21)25)30-24-27-15-20(26)23(31-24)29-17-7-5-6-16(13-17)28-22(32)4-2/h5-12,17-19H,4,13-16H2,1-3H3,(H,30,35)(H2,29,31,32,33);5-11,15-17H,2,4,12-14H2,1,3H3,(H,27,31)(H2,26,28,29,30);4-9,13-15H,2-3,10-12H2,1H3,(H,28,32)(H2,27,29,30,31)/b12-7+;;. The van der Waals surface area contributed by atoms with Gasteiger partial charge in [0.2, 0.25) is 35.6 Å². The van der Waals surface area contributed by atoms with E-state index in [2.05, 4.69) is 110 Å². The summed E-state index contributed by atoms with van der Waals surface area (Å²) in [5.74, 6) is -0.510. The van der Waals surface area contributed by atoms with Gasteiger partial charge in [0.15, 0.2) is 34.8 Å². The van der Waals surface area contributed by atoms with Crippen molar-refractivity contribution in [3.8, 4) is 11.5 Å². The second kappa shape index (κ2) is 43.0. The minimum atomic E-state index is -0.689. The van der Waals surface area contributed by atoms with Crippen molar-refractivity contribution in [2.45, 2.75) is 53.9 Å². The summed E-state index contributed by atoms with van der Waals surface area (Å²) in [7, 11) is 1.98. The van der Waals surface area contributed by atoms with Gasteiger partial charge in [-0.15, -0.1) is 0 Å². The molecule has 0 saturated carbocycles. The number of hydrogen-bond donors (Lipinski definition) is 9. The van der Waals surface area contributed by atoms with Gasteiger partial charge in [-0.3, -0.25) is 14.4 Å². The zero-order chi connectivity index (χ0) is 73.6. The Labute approximate surface area is 598 Å². The number of benzene rings is 6. The van der Waals surface area contributed by atoms with Crippen molar-refractivity contribution in [2.24, 2.45) is 0 Å². The molecule has 0 unspecified atom stereocenters. The molecular formula is C76H87F3N16O8. The first kappa shape index (κ1) is 78.6. The van der Waals surface area contributed by atoms with Crippen LogP contribution < -0.4 is 57.3 Å². The fourth-order valence-electron chi connectivity index (χ4n) is 8.95. The third kappa shape index (κ3) is 28.8. The number of halogens is 3. The lowest BCUT2D eigenvalue weighted by Crippen LogP contribution is -2.23. The van der Waals surface area contributed by atoms with Crippen LogP contribution in [0.1, 0.15) is 51.2 Å². The normalized spacial score (nSPS) is 10.7. The molecule has 9 rings (SSSR count). The summed E-state index contributed by atoms with van der Waals surface area (Å²) in [6, 6.07) is 40.6. The van der Waals surface area contributed by atoms with Crippen LogP contribution in [-0.4, -0.2) is 126 Å². The van der Waals surface area contributed by atoms with Crippen LogP contribution in [0.3, 0.4) is 0 Å². The number of likely N-dealkylation sites (N-methyl/N-ethyl adjacent to an activating group) is 1. The SMILES string of the molecule is C=CC(=O)Nc1cccc(Nc2nc(Nc3ccc(OCCOCCC)c(F)c3)ncc2F)c1.C=CC(=O)Nc1cccc(Nc2nc(Nc3cccc(OCCOCCC)c3)ncc2C)c1.CCCOCCN(C)C/C=C/C(=O)Nc1cccc(Nc2ncc(F)c(Nc3cccc(C)c3)n2)c1. The number of aromatic nitrogens is 6. The Morgan fingerprint density at radius 2 is 0.874 bits per heavy atom. The van der Waals surface area contributed by atoms with Crippen molar-refractivity contribution < 1.29 is 51.2 Å². The molecule has 0 aliphatic rings. The highest BCUT2D eigenvalue weighted by atomic mass is 19.1. The lowest BCUT2D eigenvalue weighted by Gasteiger charge is -2.14. The Morgan fingerprint density at radius 3 is 1.39 bits per heavy atom. The van der Waals surface area contributed by atoms with Gasteiger partial charge >= 0.3 is 0 Å². The highest BCUT2D eigenvalue weighted by Crippen LogP contribution is 2.29. The van der Waals surface area contributed by atoms with E-state index in [9.17, 15) is 27.6 Å². The second-order valence-corrected chi connectivity index (χ2v) is 22.6. The summed E-state index contributed by atoms with van der Waals surface area (Å²) in [4.78, 5) is 62.7. The van der Waals surface area contributed by atoms with Crippen LogP contribution in [0.4, 0.5) is 99.7 Å². The van der Waals surface area contributed by atoms with Crippen LogP contribution in [0.25, 0.3) is 0 Å². The number of rotatable bonds is 37. The Hall–Kier alpha value is -11.8. The predicted octanol–water partition coefficient (Wildman–Crippen LogP) is 15.6. The molecule has 0 radical (unpaired) electrons. The van der Waals surface area contributed by atoms with Gasteiger partial charge < -0.3 is 76.4 Å². The van der Waals surface area contributed by atoms with Crippen LogP contribution in [0.5, 0.6) is 11.5 Å². The van der Waals surface area contributed by atoms with Gasteiger partial charge in [0.05, 0.1) is 32.2 Å². The fraction of sp³-hybridized carbons (Fsp3) is 0.250. The third-order valence-electron chi connectivity index (χ3n) is 13.9. The molecule has 3 amide bonds. The number of aryl methyl sites for hydroxylation is 2. The number of nitrogens with zero attached hydrogens (tertiary/aromatic N) is 7. The third-order valence-corrected chi connectivity index (χ3v) is 13.9. The summed E-state index contributed by atoms with van der Waals surface area (Å²) < 4.78 is 70.3. The van der Waals surface area contributed by atoms with Crippen LogP contribution in [-0.2, 0) is 28.6 Å². The van der Waals surface area contributed by atoms with Crippen LogP contribution >= 0.6 is 0 Å². The van der Waals surface area contributed by atoms with E-state index in [1.807, 2.05) is 101 Å². The van der Waals surface area contributed by atoms with Gasteiger partial charge in [0, 0.05) is 114 Å². The molecule has 0 spiro atoms. The number of carbonyl (C=O) groups excluding carboxylic acids is 3. The van der Waals surface area contributed by atoms with Crippen molar-refractivity contribution in [3.63, 3.8) is 0 Å². The average Bonchev–Trinajstić information content (AvgIpc) is 0.853. The van der Waals surface area contributed by atoms with Crippen LogP contribution in [0.2, 0.25) is 0 Å². The molecule has 9 N–H and O–H groups in total. The smallest absolute Gasteiger partial charge is 0.248 e. The van der Waals surface area contributed by atoms with Crippen LogP contribution in [0.15, 0.2) is 196 Å². The molecule has 0 bridgehead atoms. The van der Waals surface area contributed by atoms with Gasteiger partial charge in [-0.2, -0.15) is 15.0 Å². The highest BCUT2D eigenvalue weighted by molar-refractivity contribution is 6.00. The Morgan fingerprint density at radius 1 is 0.447 bits per heavy atom. The first-order chi connectivity index (χ1) is 50.0. The van der Waals surface area contributed by atoms with Crippen molar-refractivity contribution in [1.82, 2.24) is 34.8 Å². The summed E-state index contributed by atoms with van der Waals surface area (Å²) >= 11 is 0. The van der Waals surface area contributed by atoms with E-state index in [0.717, 1.165) is 91.4 Å². The van der Waals surface area contributed by atoms with E-state index in [0.29, 0.717) is 85.5 Å². The van der Waals surface area contributed by atoms with Crippen molar-refractivity contribution in [1.29, 1.82) is 0 Å². The zero-order valence-electron chi connectivity index (χ0n) is 58.5. The Balaban J connectivity index is 0.000000216. The molecule has 540 valence electrons. The molecule has 27 heteroatoms. The molecule has 0 fully saturated rings. The number of nitrogens with one attached hydrogen (secondary N) is 9. The van der Waals surface area contributed by atoms with Crippen molar-refractivity contribution >= 4 is 104 Å². The molecular weight excluding hydrogens is 1320 g/mol. The molecule has 9 aromatic rings. The number of hydrogen-bond acceptors (Lipinski definition) is 21. The fourth-order valence-corrected chi connectivity index (χ4v) is 8.95. The topological polar surface area (TPSA) is 286 Å². The molecule has 0 aliphatic carbocycles. The Kier molecular flexibility index (Phi) is 32.8. The summed E-state index contributed by atoms with van der Waals surface area (Å²) in [5.41, 5.74) is 7.51. The number of amides is 3.